The second kappa shape index (κ2) is 7.69. The lowest BCUT2D eigenvalue weighted by Crippen LogP contribution is -2.42. The first-order chi connectivity index (χ1) is 11.3. The predicted molar refractivity (Wildman–Crippen MR) is 87.0 cm³/mol. The predicted octanol–water partition coefficient (Wildman–Crippen LogP) is 0.0372. The first-order valence-corrected chi connectivity index (χ1v) is 8.95. The highest BCUT2D eigenvalue weighted by molar-refractivity contribution is 7.89. The molecule has 0 unspecified atom stereocenters. The number of nitro benzene ring substituents is 1. The molecule has 10 heteroatoms. The van der Waals surface area contributed by atoms with Crippen LogP contribution in [0.3, 0.4) is 0 Å². The minimum atomic E-state index is -3.97. The molecule has 0 spiro atoms. The monoisotopic (exact) mass is 356 g/mol. The van der Waals surface area contributed by atoms with Gasteiger partial charge in [-0.2, -0.15) is 4.31 Å². The molecule has 0 aromatic heterocycles. The van der Waals surface area contributed by atoms with Crippen molar-refractivity contribution in [1.82, 2.24) is 14.5 Å². The highest BCUT2D eigenvalue weighted by atomic mass is 32.2. The summed E-state index contributed by atoms with van der Waals surface area (Å²) in [6, 6.07) is 4.79. The first-order valence-electron chi connectivity index (χ1n) is 7.51. The van der Waals surface area contributed by atoms with Gasteiger partial charge in [-0.3, -0.25) is 14.9 Å². The molecule has 0 bridgehead atoms. The average molecular weight is 356 g/mol. The Morgan fingerprint density at radius 2 is 2.12 bits per heavy atom. The van der Waals surface area contributed by atoms with E-state index >= 15 is 0 Å². The second-order valence-electron chi connectivity index (χ2n) is 5.50. The van der Waals surface area contributed by atoms with E-state index in [1.165, 1.54) is 25.2 Å². The molecule has 1 amide bonds. The molecule has 24 heavy (non-hydrogen) atoms. The van der Waals surface area contributed by atoms with E-state index in [1.807, 2.05) is 0 Å². The smallest absolute Gasteiger partial charge is 0.270 e. The maximum atomic E-state index is 12.5. The zero-order valence-corrected chi connectivity index (χ0v) is 14.2. The Morgan fingerprint density at radius 1 is 1.38 bits per heavy atom. The summed E-state index contributed by atoms with van der Waals surface area (Å²) in [5.41, 5.74) is -0.311. The molecular formula is C14H20N4O5S. The van der Waals surface area contributed by atoms with Crippen LogP contribution >= 0.6 is 0 Å². The van der Waals surface area contributed by atoms with E-state index in [-0.39, 0.29) is 23.0 Å². The van der Waals surface area contributed by atoms with Crippen molar-refractivity contribution in [2.45, 2.75) is 11.3 Å². The molecule has 0 radical (unpaired) electrons. The van der Waals surface area contributed by atoms with Gasteiger partial charge in [-0.05, 0) is 19.0 Å². The fraction of sp³-hybridized carbons (Fsp3) is 0.500. The van der Waals surface area contributed by atoms with Gasteiger partial charge in [-0.1, -0.05) is 6.07 Å². The van der Waals surface area contributed by atoms with Crippen LogP contribution in [-0.4, -0.2) is 68.2 Å². The molecule has 2 rings (SSSR count). The van der Waals surface area contributed by atoms with E-state index in [2.05, 4.69) is 5.32 Å². The van der Waals surface area contributed by atoms with Crippen molar-refractivity contribution in [2.75, 3.05) is 39.8 Å². The minimum Gasteiger partial charge on any atom is -0.340 e. The molecule has 1 N–H and O–H groups in total. The number of nitrogens with one attached hydrogen (secondary N) is 1. The van der Waals surface area contributed by atoms with Crippen LogP contribution in [0.25, 0.3) is 0 Å². The summed E-state index contributed by atoms with van der Waals surface area (Å²) in [6.45, 7) is 2.31. The topological polar surface area (TPSA) is 113 Å². The number of hydrogen-bond donors (Lipinski definition) is 1. The van der Waals surface area contributed by atoms with Crippen LogP contribution in [0.1, 0.15) is 6.42 Å². The molecular weight excluding hydrogens is 336 g/mol. The Bertz CT molecular complexity index is 714. The summed E-state index contributed by atoms with van der Waals surface area (Å²) in [7, 11) is -2.68. The number of carbonyl (C=O) groups excluding carboxylic acids is 1. The van der Waals surface area contributed by atoms with E-state index < -0.39 is 14.9 Å². The molecule has 1 aliphatic heterocycles. The molecule has 1 aromatic carbocycles. The lowest BCUT2D eigenvalue weighted by Gasteiger charge is -2.23. The van der Waals surface area contributed by atoms with Crippen molar-refractivity contribution in [2.24, 2.45) is 0 Å². The third-order valence-corrected chi connectivity index (χ3v) is 5.59. The number of amides is 1. The Balaban J connectivity index is 2.12. The fourth-order valence-electron chi connectivity index (χ4n) is 2.41. The van der Waals surface area contributed by atoms with E-state index in [4.69, 9.17) is 0 Å². The lowest BCUT2D eigenvalue weighted by atomic mass is 10.3. The van der Waals surface area contributed by atoms with E-state index in [0.29, 0.717) is 19.6 Å². The summed E-state index contributed by atoms with van der Waals surface area (Å²) in [4.78, 5) is 23.9. The van der Waals surface area contributed by atoms with Crippen molar-refractivity contribution in [3.63, 3.8) is 0 Å². The molecule has 132 valence electrons. The Hall–Kier alpha value is -2.04. The lowest BCUT2D eigenvalue weighted by molar-refractivity contribution is -0.385. The summed E-state index contributed by atoms with van der Waals surface area (Å²) in [5, 5.41) is 14.0. The zero-order valence-electron chi connectivity index (χ0n) is 13.3. The standard InChI is InChI=1S/C14H20N4O5S/c1-16(11-14(19)17-8-3-6-15-7-9-17)24(22,23)13-5-2-4-12(10-13)18(20)21/h2,4-5,10,15H,3,6-9,11H2,1H3. The minimum absolute atomic E-state index is 0.204. The fourth-order valence-corrected chi connectivity index (χ4v) is 3.57. The first kappa shape index (κ1) is 18.3. The molecule has 1 heterocycles. The van der Waals surface area contributed by atoms with Crippen LogP contribution in [0, 0.1) is 10.1 Å². The van der Waals surface area contributed by atoms with Crippen LogP contribution in [0.4, 0.5) is 5.69 Å². The van der Waals surface area contributed by atoms with Crippen molar-refractivity contribution in [3.8, 4) is 0 Å². The van der Waals surface area contributed by atoms with Gasteiger partial charge in [0.15, 0.2) is 0 Å². The highest BCUT2D eigenvalue weighted by Crippen LogP contribution is 2.20. The van der Waals surface area contributed by atoms with Gasteiger partial charge < -0.3 is 10.2 Å². The van der Waals surface area contributed by atoms with Crippen LogP contribution < -0.4 is 5.32 Å². The zero-order chi connectivity index (χ0) is 17.7. The molecule has 9 nitrogen and oxygen atoms in total. The summed E-state index contributed by atoms with van der Waals surface area (Å²) >= 11 is 0. The summed E-state index contributed by atoms with van der Waals surface area (Å²) < 4.78 is 26.0. The number of nitro groups is 1. The van der Waals surface area contributed by atoms with Crippen LogP contribution in [0.2, 0.25) is 0 Å². The quantitative estimate of drug-likeness (QED) is 0.589. The number of benzene rings is 1. The highest BCUT2D eigenvalue weighted by Gasteiger charge is 2.26. The van der Waals surface area contributed by atoms with Gasteiger partial charge in [0.2, 0.25) is 15.9 Å². The summed E-state index contributed by atoms with van der Waals surface area (Å²) in [6.07, 6.45) is 0.813. The molecule has 1 aromatic rings. The largest absolute Gasteiger partial charge is 0.340 e. The third-order valence-electron chi connectivity index (χ3n) is 3.79. The van der Waals surface area contributed by atoms with Crippen molar-refractivity contribution in [1.29, 1.82) is 0 Å². The second-order valence-corrected chi connectivity index (χ2v) is 7.54. The number of sulfonamides is 1. The van der Waals surface area contributed by atoms with Crippen molar-refractivity contribution >= 4 is 21.6 Å². The molecule has 0 aliphatic carbocycles. The average Bonchev–Trinajstić information content (AvgIpc) is 2.84. The maximum Gasteiger partial charge on any atom is 0.270 e. The van der Waals surface area contributed by atoms with Gasteiger partial charge >= 0.3 is 0 Å². The number of hydrogen-bond acceptors (Lipinski definition) is 6. The Labute approximate surface area is 140 Å². The number of non-ortho nitro benzene ring substituents is 1. The number of nitrogens with zero attached hydrogens (tertiary/aromatic N) is 3. The third kappa shape index (κ3) is 4.28. The number of likely N-dealkylation sites (N-methyl/N-ethyl adjacent to an activating group) is 1. The molecule has 0 saturated carbocycles. The SMILES string of the molecule is CN(CC(=O)N1CCCNCC1)S(=O)(=O)c1cccc([N+](=O)[O-])c1. The van der Waals surface area contributed by atoms with E-state index in [9.17, 15) is 23.3 Å². The van der Waals surface area contributed by atoms with Gasteiger partial charge in [-0.25, -0.2) is 8.42 Å². The normalized spacial score (nSPS) is 16.0. The number of rotatable bonds is 5. The van der Waals surface area contributed by atoms with Gasteiger partial charge in [0, 0.05) is 38.8 Å². The number of carbonyl (C=O) groups is 1. The van der Waals surface area contributed by atoms with Crippen molar-refractivity contribution < 1.29 is 18.1 Å². The molecule has 1 aliphatic rings. The van der Waals surface area contributed by atoms with Gasteiger partial charge in [0.25, 0.3) is 5.69 Å². The van der Waals surface area contributed by atoms with Crippen LogP contribution in [-0.2, 0) is 14.8 Å². The molecule has 1 saturated heterocycles. The van der Waals surface area contributed by atoms with E-state index in [0.717, 1.165) is 23.3 Å². The van der Waals surface area contributed by atoms with Crippen LogP contribution in [0.15, 0.2) is 29.2 Å². The van der Waals surface area contributed by atoms with Crippen molar-refractivity contribution in [3.05, 3.63) is 34.4 Å². The van der Waals surface area contributed by atoms with Crippen LogP contribution in [0.5, 0.6) is 0 Å². The molecule has 0 atom stereocenters. The van der Waals surface area contributed by atoms with Gasteiger partial charge in [0.05, 0.1) is 16.4 Å². The van der Waals surface area contributed by atoms with Gasteiger partial charge in [0.1, 0.15) is 0 Å². The van der Waals surface area contributed by atoms with E-state index in [1.54, 1.807) is 4.90 Å². The maximum absolute atomic E-state index is 12.5. The summed E-state index contributed by atoms with van der Waals surface area (Å²) in [5.74, 6) is -0.282. The van der Waals surface area contributed by atoms with Gasteiger partial charge in [-0.15, -0.1) is 0 Å². The Morgan fingerprint density at radius 3 is 2.83 bits per heavy atom. The molecule has 1 fully saturated rings. The Kier molecular flexibility index (Phi) is 5.86.